The van der Waals surface area contributed by atoms with E-state index in [1.165, 1.54) is 12.8 Å². The van der Waals surface area contributed by atoms with Crippen LogP contribution in [0.5, 0.6) is 0 Å². The summed E-state index contributed by atoms with van der Waals surface area (Å²) in [5.41, 5.74) is 10.6. The lowest BCUT2D eigenvalue weighted by atomic mass is 9.94. The average molecular weight is 267 g/mol. The van der Waals surface area contributed by atoms with Crippen LogP contribution in [-0.2, 0) is 11.2 Å². The highest BCUT2D eigenvalue weighted by atomic mass is 16.1. The Labute approximate surface area is 118 Å². The number of pyridine rings is 2. The number of nitrogens with two attached hydrogens (primary N) is 1. The summed E-state index contributed by atoms with van der Waals surface area (Å²) < 4.78 is 0. The van der Waals surface area contributed by atoms with E-state index in [4.69, 9.17) is 5.73 Å². The van der Waals surface area contributed by atoms with Gasteiger partial charge >= 0.3 is 0 Å². The van der Waals surface area contributed by atoms with Gasteiger partial charge in [-0.05, 0) is 48.6 Å². The maximum absolute atomic E-state index is 11.4. The molecule has 1 aliphatic carbocycles. The van der Waals surface area contributed by atoms with Gasteiger partial charge in [0.2, 0.25) is 5.91 Å². The average Bonchev–Trinajstić information content (AvgIpc) is 3.26. The van der Waals surface area contributed by atoms with Crippen molar-refractivity contribution in [1.29, 1.82) is 0 Å². The van der Waals surface area contributed by atoms with E-state index in [0.717, 1.165) is 27.9 Å². The standard InChI is InChI=1S/C16H17N3O/c1-10-13(8-15(17)20)14(11-4-6-18-7-5-11)9-19-16(10)12-2-3-12/h4-7,9,12H,2-3,8H2,1H3,(H2,17,20). The lowest BCUT2D eigenvalue weighted by Gasteiger charge is -2.14. The third-order valence-electron chi connectivity index (χ3n) is 3.80. The number of carbonyl (C=O) groups is 1. The molecule has 102 valence electrons. The van der Waals surface area contributed by atoms with Crippen molar-refractivity contribution in [2.45, 2.75) is 32.1 Å². The fourth-order valence-corrected chi connectivity index (χ4v) is 2.62. The highest BCUT2D eigenvalue weighted by molar-refractivity contribution is 5.81. The molecule has 0 saturated heterocycles. The molecule has 0 aromatic carbocycles. The number of carbonyl (C=O) groups excluding carboxylic acids is 1. The van der Waals surface area contributed by atoms with Crippen LogP contribution in [0, 0.1) is 6.92 Å². The second-order valence-electron chi connectivity index (χ2n) is 5.31. The first kappa shape index (κ1) is 12.8. The molecule has 2 aromatic heterocycles. The number of amides is 1. The molecular formula is C16H17N3O. The molecule has 1 fully saturated rings. The van der Waals surface area contributed by atoms with Gasteiger partial charge in [-0.15, -0.1) is 0 Å². The van der Waals surface area contributed by atoms with Crippen molar-refractivity contribution >= 4 is 5.91 Å². The molecule has 2 N–H and O–H groups in total. The molecule has 4 nitrogen and oxygen atoms in total. The lowest BCUT2D eigenvalue weighted by molar-refractivity contribution is -0.117. The highest BCUT2D eigenvalue weighted by Crippen LogP contribution is 2.42. The predicted octanol–water partition coefficient (Wildman–Crippen LogP) is 2.36. The summed E-state index contributed by atoms with van der Waals surface area (Å²) in [5.74, 6) is 0.254. The lowest BCUT2D eigenvalue weighted by Crippen LogP contribution is -2.16. The number of primary amides is 1. The normalized spacial score (nSPS) is 14.2. The van der Waals surface area contributed by atoms with Crippen LogP contribution in [0.3, 0.4) is 0 Å². The summed E-state index contributed by atoms with van der Waals surface area (Å²) in [7, 11) is 0. The van der Waals surface area contributed by atoms with Crippen LogP contribution < -0.4 is 5.73 Å². The van der Waals surface area contributed by atoms with Crippen LogP contribution in [0.25, 0.3) is 11.1 Å². The van der Waals surface area contributed by atoms with Crippen LogP contribution in [0.2, 0.25) is 0 Å². The fourth-order valence-electron chi connectivity index (χ4n) is 2.62. The quantitative estimate of drug-likeness (QED) is 0.924. The molecule has 4 heteroatoms. The molecule has 2 aromatic rings. The van der Waals surface area contributed by atoms with Crippen LogP contribution in [-0.4, -0.2) is 15.9 Å². The molecule has 0 unspecified atom stereocenters. The minimum absolute atomic E-state index is 0.256. The maximum Gasteiger partial charge on any atom is 0.221 e. The fraction of sp³-hybridized carbons (Fsp3) is 0.312. The van der Waals surface area contributed by atoms with Gasteiger partial charge in [0.15, 0.2) is 0 Å². The predicted molar refractivity (Wildman–Crippen MR) is 77.1 cm³/mol. The van der Waals surface area contributed by atoms with Crippen LogP contribution in [0.1, 0.15) is 35.6 Å². The van der Waals surface area contributed by atoms with Crippen molar-refractivity contribution < 1.29 is 4.79 Å². The zero-order valence-electron chi connectivity index (χ0n) is 11.5. The van der Waals surface area contributed by atoms with Crippen molar-refractivity contribution in [3.63, 3.8) is 0 Å². The van der Waals surface area contributed by atoms with Gasteiger partial charge in [0.05, 0.1) is 6.42 Å². The van der Waals surface area contributed by atoms with E-state index < -0.39 is 0 Å². The van der Waals surface area contributed by atoms with Gasteiger partial charge in [-0.3, -0.25) is 14.8 Å². The molecule has 3 rings (SSSR count). The van der Waals surface area contributed by atoms with Gasteiger partial charge in [-0.25, -0.2) is 0 Å². The van der Waals surface area contributed by atoms with E-state index in [-0.39, 0.29) is 12.3 Å². The summed E-state index contributed by atoms with van der Waals surface area (Å²) in [4.78, 5) is 20.0. The van der Waals surface area contributed by atoms with Gasteiger partial charge in [0.25, 0.3) is 0 Å². The Morgan fingerprint density at radius 2 is 2.05 bits per heavy atom. The zero-order valence-corrected chi connectivity index (χ0v) is 11.5. The SMILES string of the molecule is Cc1c(C2CC2)ncc(-c2ccncc2)c1CC(N)=O. The second kappa shape index (κ2) is 5.04. The number of rotatable bonds is 4. The van der Waals surface area contributed by atoms with Gasteiger partial charge in [0.1, 0.15) is 0 Å². The van der Waals surface area contributed by atoms with Crippen LogP contribution in [0.4, 0.5) is 0 Å². The van der Waals surface area contributed by atoms with Crippen molar-refractivity contribution in [1.82, 2.24) is 9.97 Å². The van der Waals surface area contributed by atoms with E-state index in [0.29, 0.717) is 5.92 Å². The van der Waals surface area contributed by atoms with E-state index in [1.807, 2.05) is 25.3 Å². The van der Waals surface area contributed by atoms with E-state index in [2.05, 4.69) is 9.97 Å². The largest absolute Gasteiger partial charge is 0.369 e. The van der Waals surface area contributed by atoms with Gasteiger partial charge < -0.3 is 5.73 Å². The molecule has 1 amide bonds. The Morgan fingerprint density at radius 3 is 2.65 bits per heavy atom. The summed E-state index contributed by atoms with van der Waals surface area (Å²) in [6.07, 6.45) is 8.00. The second-order valence-corrected chi connectivity index (χ2v) is 5.31. The summed E-state index contributed by atoms with van der Waals surface area (Å²) in [6.45, 7) is 2.05. The van der Waals surface area contributed by atoms with Crippen LogP contribution in [0.15, 0.2) is 30.7 Å². The molecule has 0 bridgehead atoms. The Morgan fingerprint density at radius 1 is 1.35 bits per heavy atom. The number of nitrogens with zero attached hydrogens (tertiary/aromatic N) is 2. The summed E-state index contributed by atoms with van der Waals surface area (Å²) >= 11 is 0. The first-order valence-electron chi connectivity index (χ1n) is 6.84. The zero-order chi connectivity index (χ0) is 14.1. The minimum atomic E-state index is -0.309. The topological polar surface area (TPSA) is 68.9 Å². The van der Waals surface area contributed by atoms with Crippen molar-refractivity contribution in [3.05, 3.63) is 47.5 Å². The Hall–Kier alpha value is -2.23. The van der Waals surface area contributed by atoms with Gasteiger partial charge in [-0.2, -0.15) is 0 Å². The molecule has 0 aliphatic heterocycles. The van der Waals surface area contributed by atoms with Crippen molar-refractivity contribution in [2.24, 2.45) is 5.73 Å². The third-order valence-corrected chi connectivity index (χ3v) is 3.80. The maximum atomic E-state index is 11.4. The smallest absolute Gasteiger partial charge is 0.221 e. The number of hydrogen-bond donors (Lipinski definition) is 1. The Balaban J connectivity index is 2.13. The number of aromatic nitrogens is 2. The monoisotopic (exact) mass is 267 g/mol. The summed E-state index contributed by atoms with van der Waals surface area (Å²) in [5, 5.41) is 0. The van der Waals surface area contributed by atoms with Crippen LogP contribution >= 0.6 is 0 Å². The van der Waals surface area contributed by atoms with Crippen molar-refractivity contribution in [2.75, 3.05) is 0 Å². The first-order chi connectivity index (χ1) is 9.66. The molecular weight excluding hydrogens is 250 g/mol. The third kappa shape index (κ3) is 2.41. The molecule has 0 atom stereocenters. The minimum Gasteiger partial charge on any atom is -0.369 e. The van der Waals surface area contributed by atoms with Gasteiger partial charge in [0, 0.05) is 35.8 Å². The Bertz CT molecular complexity index is 648. The molecule has 2 heterocycles. The first-order valence-corrected chi connectivity index (χ1v) is 6.84. The molecule has 20 heavy (non-hydrogen) atoms. The van der Waals surface area contributed by atoms with E-state index in [9.17, 15) is 4.79 Å². The molecule has 1 aliphatic rings. The van der Waals surface area contributed by atoms with E-state index >= 15 is 0 Å². The van der Waals surface area contributed by atoms with E-state index in [1.54, 1.807) is 12.4 Å². The number of hydrogen-bond acceptors (Lipinski definition) is 3. The molecule has 0 radical (unpaired) electrons. The van der Waals surface area contributed by atoms with Gasteiger partial charge in [-0.1, -0.05) is 0 Å². The van der Waals surface area contributed by atoms with Crippen molar-refractivity contribution in [3.8, 4) is 11.1 Å². The Kier molecular flexibility index (Phi) is 3.22. The highest BCUT2D eigenvalue weighted by Gasteiger charge is 2.28. The molecule has 0 spiro atoms. The summed E-state index contributed by atoms with van der Waals surface area (Å²) in [6, 6.07) is 3.86. The molecule has 1 saturated carbocycles.